The number of hydrogen-bond acceptors (Lipinski definition) is 5. The minimum atomic E-state index is -0.734. The molecule has 218 valence electrons. The molecular weight excluding hydrogens is 549 g/mol. The number of benzene rings is 2. The van der Waals surface area contributed by atoms with Gasteiger partial charge in [0, 0.05) is 36.6 Å². The number of carboxylic acid groups (broad SMARTS) is 1. The molecule has 1 aromatic heterocycles. The normalized spacial score (nSPS) is 21.3. The highest BCUT2D eigenvalue weighted by Gasteiger charge is 2.30. The van der Waals surface area contributed by atoms with E-state index in [0.717, 1.165) is 43.1 Å². The summed E-state index contributed by atoms with van der Waals surface area (Å²) < 4.78 is 23.0. The Morgan fingerprint density at radius 2 is 1.88 bits per heavy atom. The number of likely N-dealkylation sites (tertiary alicyclic amines) is 1. The zero-order chi connectivity index (χ0) is 29.1. The maximum atomic E-state index is 15.1. The van der Waals surface area contributed by atoms with Crippen molar-refractivity contribution in [3.8, 4) is 0 Å². The van der Waals surface area contributed by atoms with Crippen molar-refractivity contribution < 1.29 is 28.6 Å². The molecule has 1 aliphatic heterocycles. The van der Waals surface area contributed by atoms with Gasteiger partial charge in [-0.1, -0.05) is 29.8 Å². The van der Waals surface area contributed by atoms with Gasteiger partial charge in [-0.15, -0.1) is 0 Å². The molecule has 10 heteroatoms. The van der Waals surface area contributed by atoms with Crippen molar-refractivity contribution in [2.45, 2.75) is 57.1 Å². The molecule has 0 radical (unpaired) electrons. The van der Waals surface area contributed by atoms with Crippen molar-refractivity contribution >= 4 is 45.9 Å². The molecule has 1 amide bonds. The summed E-state index contributed by atoms with van der Waals surface area (Å²) in [7, 11) is 1.85. The van der Waals surface area contributed by atoms with E-state index in [-0.39, 0.29) is 53.1 Å². The van der Waals surface area contributed by atoms with E-state index in [1.54, 1.807) is 6.20 Å². The van der Waals surface area contributed by atoms with Crippen LogP contribution in [0.2, 0.25) is 5.02 Å². The molecule has 1 atom stereocenters. The first-order valence-electron chi connectivity index (χ1n) is 14.1. The molecule has 0 bridgehead atoms. The number of para-hydroxylation sites is 1. The highest BCUT2D eigenvalue weighted by molar-refractivity contribution is 6.34. The van der Waals surface area contributed by atoms with E-state index in [1.165, 1.54) is 12.1 Å². The Morgan fingerprint density at radius 3 is 2.63 bits per heavy atom. The number of amides is 1. The molecule has 1 saturated carbocycles. The van der Waals surface area contributed by atoms with Crippen LogP contribution in [0.3, 0.4) is 0 Å². The van der Waals surface area contributed by atoms with E-state index in [4.69, 9.17) is 16.3 Å². The molecule has 2 N–H and O–H groups in total. The highest BCUT2D eigenvalue weighted by Crippen LogP contribution is 2.30. The van der Waals surface area contributed by atoms with Gasteiger partial charge in [-0.2, -0.15) is 0 Å². The predicted octanol–water partition coefficient (Wildman–Crippen LogP) is 5.46. The monoisotopic (exact) mass is 583 g/mol. The summed E-state index contributed by atoms with van der Waals surface area (Å²) in [4.78, 5) is 39.2. The molecule has 1 saturated heterocycles. The van der Waals surface area contributed by atoms with E-state index in [9.17, 15) is 19.5 Å². The third-order valence-electron chi connectivity index (χ3n) is 8.34. The number of aliphatic carboxylic acids is 1. The van der Waals surface area contributed by atoms with E-state index < -0.39 is 17.7 Å². The number of carboxylic acids is 1. The second-order valence-electron chi connectivity index (χ2n) is 11.2. The summed E-state index contributed by atoms with van der Waals surface area (Å²) in [6, 6.07) is 10.2. The minimum Gasteiger partial charge on any atom is -0.481 e. The first-order chi connectivity index (χ1) is 19.7. The van der Waals surface area contributed by atoms with Gasteiger partial charge in [-0.05, 0) is 68.8 Å². The standard InChI is InChI=1S/C31H35ClFN3O5/c1-35-17-25(24-6-2-3-7-29(24)35)30(38)34-28-15-27(33)20(14-26(28)32)13-22(37)16-36-12-4-5-21(36)18-41-23-10-8-19(9-11-23)31(39)40/h2-3,6-7,14-15,17,19,21,23H,4-5,8-13,16,18H2,1H3,(H,34,38)(H,39,40)/t19-,21-,23-/m0/s1. The third-order valence-corrected chi connectivity index (χ3v) is 8.65. The number of anilines is 1. The number of halogens is 2. The second-order valence-corrected chi connectivity index (χ2v) is 11.6. The number of Topliss-reactive ketones (excluding diaryl/α,β-unsaturated/α-hetero) is 1. The highest BCUT2D eigenvalue weighted by atomic mass is 35.5. The summed E-state index contributed by atoms with van der Waals surface area (Å²) in [6.45, 7) is 1.46. The smallest absolute Gasteiger partial charge is 0.306 e. The Kier molecular flexibility index (Phi) is 9.06. The number of nitrogens with one attached hydrogen (secondary N) is 1. The average molecular weight is 584 g/mol. The zero-order valence-electron chi connectivity index (χ0n) is 23.1. The van der Waals surface area contributed by atoms with Crippen molar-refractivity contribution in [1.82, 2.24) is 9.47 Å². The maximum Gasteiger partial charge on any atom is 0.306 e. The number of fused-ring (bicyclic) bond motifs is 1. The molecular formula is C31H35ClFN3O5. The molecule has 5 rings (SSSR count). The number of ether oxygens (including phenoxy) is 1. The minimum absolute atomic E-state index is 0.0552. The van der Waals surface area contributed by atoms with Crippen LogP contribution in [0, 0.1) is 11.7 Å². The summed E-state index contributed by atoms with van der Waals surface area (Å²) in [5.41, 5.74) is 1.69. The molecule has 41 heavy (non-hydrogen) atoms. The summed E-state index contributed by atoms with van der Waals surface area (Å²) in [5, 5.41) is 12.8. The number of carbonyl (C=O) groups is 3. The Labute approximate surface area is 243 Å². The molecule has 3 aromatic rings. The van der Waals surface area contributed by atoms with Gasteiger partial charge in [0.25, 0.3) is 5.91 Å². The Hall–Kier alpha value is -3.27. The molecule has 2 fully saturated rings. The number of hydrogen-bond donors (Lipinski definition) is 2. The average Bonchev–Trinajstić information content (AvgIpc) is 3.54. The lowest BCUT2D eigenvalue weighted by atomic mass is 9.87. The van der Waals surface area contributed by atoms with Gasteiger partial charge < -0.3 is 19.7 Å². The van der Waals surface area contributed by atoms with Crippen LogP contribution in [0.1, 0.15) is 54.4 Å². The maximum absolute atomic E-state index is 15.1. The van der Waals surface area contributed by atoms with Gasteiger partial charge in [0.05, 0.1) is 41.4 Å². The lowest BCUT2D eigenvalue weighted by Gasteiger charge is -2.29. The third kappa shape index (κ3) is 6.80. The van der Waals surface area contributed by atoms with E-state index >= 15 is 4.39 Å². The second kappa shape index (κ2) is 12.7. The van der Waals surface area contributed by atoms with Crippen LogP contribution in [0.5, 0.6) is 0 Å². The van der Waals surface area contributed by atoms with Crippen LogP contribution in [0.15, 0.2) is 42.6 Å². The SMILES string of the molecule is Cn1cc(C(=O)Nc2cc(F)c(CC(=O)CN3CCC[C@H]3CO[C@H]3CC[C@H](C(=O)O)CC3)cc2Cl)c2ccccc21. The van der Waals surface area contributed by atoms with Crippen LogP contribution >= 0.6 is 11.6 Å². The Morgan fingerprint density at radius 1 is 1.12 bits per heavy atom. The molecule has 2 aromatic carbocycles. The fourth-order valence-electron chi connectivity index (χ4n) is 6.04. The number of rotatable bonds is 10. The Balaban J connectivity index is 1.15. The summed E-state index contributed by atoms with van der Waals surface area (Å²) >= 11 is 6.42. The van der Waals surface area contributed by atoms with Crippen LogP contribution in [0.4, 0.5) is 10.1 Å². The van der Waals surface area contributed by atoms with Crippen molar-refractivity contribution in [3.05, 3.63) is 64.6 Å². The van der Waals surface area contributed by atoms with Gasteiger partial charge >= 0.3 is 5.97 Å². The van der Waals surface area contributed by atoms with Crippen molar-refractivity contribution in [2.75, 3.05) is 25.0 Å². The van der Waals surface area contributed by atoms with Gasteiger partial charge in [-0.25, -0.2) is 4.39 Å². The fourth-order valence-corrected chi connectivity index (χ4v) is 6.28. The van der Waals surface area contributed by atoms with Crippen LogP contribution in [0.25, 0.3) is 10.9 Å². The number of carbonyl (C=O) groups excluding carboxylic acids is 2. The van der Waals surface area contributed by atoms with Crippen molar-refractivity contribution in [2.24, 2.45) is 13.0 Å². The van der Waals surface area contributed by atoms with Crippen LogP contribution in [-0.2, 0) is 27.8 Å². The quantitative estimate of drug-likeness (QED) is 0.329. The van der Waals surface area contributed by atoms with Crippen LogP contribution < -0.4 is 5.32 Å². The molecule has 2 heterocycles. The van der Waals surface area contributed by atoms with E-state index in [0.29, 0.717) is 25.0 Å². The van der Waals surface area contributed by atoms with Crippen molar-refractivity contribution in [1.29, 1.82) is 0 Å². The number of aryl methyl sites for hydroxylation is 1. The zero-order valence-corrected chi connectivity index (χ0v) is 23.8. The summed E-state index contributed by atoms with van der Waals surface area (Å²) in [6.07, 6.45) is 6.28. The largest absolute Gasteiger partial charge is 0.481 e. The van der Waals surface area contributed by atoms with Crippen LogP contribution in [-0.4, -0.2) is 64.1 Å². The first-order valence-corrected chi connectivity index (χ1v) is 14.5. The van der Waals surface area contributed by atoms with Gasteiger partial charge in [0.2, 0.25) is 0 Å². The van der Waals surface area contributed by atoms with Gasteiger partial charge in [-0.3, -0.25) is 19.3 Å². The lowest BCUT2D eigenvalue weighted by Crippen LogP contribution is -2.39. The van der Waals surface area contributed by atoms with E-state index in [1.807, 2.05) is 35.9 Å². The number of nitrogens with zero attached hydrogens (tertiary/aromatic N) is 2. The molecule has 0 spiro atoms. The molecule has 2 aliphatic rings. The topological polar surface area (TPSA) is 101 Å². The summed E-state index contributed by atoms with van der Waals surface area (Å²) in [5.74, 6) is -2.14. The fraction of sp³-hybridized carbons (Fsp3) is 0.452. The van der Waals surface area contributed by atoms with Crippen molar-refractivity contribution in [3.63, 3.8) is 0 Å². The van der Waals surface area contributed by atoms with E-state index in [2.05, 4.69) is 10.2 Å². The predicted molar refractivity (Wildman–Crippen MR) is 155 cm³/mol. The first kappa shape index (κ1) is 29.2. The molecule has 1 aliphatic carbocycles. The van der Waals surface area contributed by atoms with Gasteiger partial charge in [0.1, 0.15) is 5.82 Å². The lowest BCUT2D eigenvalue weighted by molar-refractivity contribution is -0.143. The van der Waals surface area contributed by atoms with Gasteiger partial charge in [0.15, 0.2) is 5.78 Å². The Bertz CT molecular complexity index is 1450. The number of aromatic nitrogens is 1. The number of ketones is 1. The molecule has 8 nitrogen and oxygen atoms in total. The molecule has 0 unspecified atom stereocenters.